The predicted molar refractivity (Wildman–Crippen MR) is 94.9 cm³/mol. The summed E-state index contributed by atoms with van der Waals surface area (Å²) in [4.78, 5) is 5.35. The van der Waals surface area contributed by atoms with Crippen LogP contribution in [0.2, 0.25) is 0 Å². The van der Waals surface area contributed by atoms with Crippen LogP contribution in [0.5, 0.6) is 0 Å². The van der Waals surface area contributed by atoms with Gasteiger partial charge in [0.05, 0.1) is 11.0 Å². The van der Waals surface area contributed by atoms with Gasteiger partial charge in [0.15, 0.2) is 0 Å². The standard InChI is InChI=1S/C18H38ClNO/c1-5-7-8-9-10-11-12-13-14-15-16-17(18(3,4)19)21-20-6-2/h17,20H,5-16H2,1-4H3. The van der Waals surface area contributed by atoms with E-state index in [-0.39, 0.29) is 11.0 Å². The Labute approximate surface area is 138 Å². The molecule has 0 aliphatic rings. The van der Waals surface area contributed by atoms with Crippen molar-refractivity contribution in [2.45, 2.75) is 109 Å². The van der Waals surface area contributed by atoms with Crippen LogP contribution in [0.3, 0.4) is 0 Å². The van der Waals surface area contributed by atoms with Gasteiger partial charge in [-0.3, -0.25) is 4.84 Å². The van der Waals surface area contributed by atoms with Gasteiger partial charge in [0.2, 0.25) is 0 Å². The lowest BCUT2D eigenvalue weighted by molar-refractivity contribution is -0.0435. The fraction of sp³-hybridized carbons (Fsp3) is 1.00. The van der Waals surface area contributed by atoms with Crippen LogP contribution in [0.15, 0.2) is 0 Å². The van der Waals surface area contributed by atoms with Crippen LogP contribution in [-0.2, 0) is 4.84 Å². The molecule has 1 atom stereocenters. The minimum absolute atomic E-state index is 0.0909. The highest BCUT2D eigenvalue weighted by Crippen LogP contribution is 2.25. The van der Waals surface area contributed by atoms with E-state index in [9.17, 15) is 0 Å². The monoisotopic (exact) mass is 319 g/mol. The van der Waals surface area contributed by atoms with Crippen molar-refractivity contribution < 1.29 is 4.84 Å². The molecule has 0 aromatic heterocycles. The number of halogens is 1. The molecular formula is C18H38ClNO. The molecule has 1 unspecified atom stereocenters. The number of hydroxylamine groups is 1. The summed E-state index contributed by atoms with van der Waals surface area (Å²) in [6, 6.07) is 0. The van der Waals surface area contributed by atoms with Crippen molar-refractivity contribution in [3.8, 4) is 0 Å². The molecule has 0 saturated carbocycles. The third-order valence-electron chi connectivity index (χ3n) is 3.96. The van der Waals surface area contributed by atoms with E-state index in [0.29, 0.717) is 0 Å². The number of hydrogen-bond donors (Lipinski definition) is 1. The van der Waals surface area contributed by atoms with Crippen LogP contribution < -0.4 is 5.48 Å². The third-order valence-corrected chi connectivity index (χ3v) is 4.20. The molecule has 3 heteroatoms. The molecule has 0 saturated heterocycles. The van der Waals surface area contributed by atoms with Crippen molar-refractivity contribution in [1.82, 2.24) is 5.48 Å². The molecule has 0 heterocycles. The molecule has 0 aromatic carbocycles. The lowest BCUT2D eigenvalue weighted by Crippen LogP contribution is -2.37. The first-order valence-corrected chi connectivity index (χ1v) is 9.47. The number of nitrogens with one attached hydrogen (secondary N) is 1. The molecule has 0 spiro atoms. The predicted octanol–water partition coefficient (Wildman–Crippen LogP) is 6.22. The van der Waals surface area contributed by atoms with Crippen LogP contribution in [-0.4, -0.2) is 17.5 Å². The molecule has 21 heavy (non-hydrogen) atoms. The van der Waals surface area contributed by atoms with Crippen LogP contribution in [0.1, 0.15) is 98.3 Å². The second kappa shape index (κ2) is 13.8. The third kappa shape index (κ3) is 13.6. The zero-order valence-corrected chi connectivity index (χ0v) is 15.6. The normalized spacial score (nSPS) is 13.6. The zero-order valence-electron chi connectivity index (χ0n) is 14.8. The van der Waals surface area contributed by atoms with Gasteiger partial charge in [-0.15, -0.1) is 11.6 Å². The summed E-state index contributed by atoms with van der Waals surface area (Å²) in [5.41, 5.74) is 2.96. The molecule has 0 aliphatic heterocycles. The number of hydrogen-bond acceptors (Lipinski definition) is 2. The zero-order chi connectivity index (χ0) is 16.0. The lowest BCUT2D eigenvalue weighted by atomic mass is 9.99. The first kappa shape index (κ1) is 21.2. The van der Waals surface area contributed by atoms with Crippen molar-refractivity contribution in [1.29, 1.82) is 0 Å². The van der Waals surface area contributed by atoms with E-state index in [1.807, 2.05) is 20.8 Å². The molecule has 128 valence electrons. The minimum atomic E-state index is -0.304. The van der Waals surface area contributed by atoms with Crippen LogP contribution in [0.4, 0.5) is 0 Å². The van der Waals surface area contributed by atoms with Gasteiger partial charge in [0, 0.05) is 6.54 Å². The smallest absolute Gasteiger partial charge is 0.0976 e. The van der Waals surface area contributed by atoms with E-state index in [2.05, 4.69) is 12.4 Å². The van der Waals surface area contributed by atoms with E-state index < -0.39 is 0 Å². The molecule has 1 N–H and O–H groups in total. The molecule has 0 aliphatic carbocycles. The molecule has 2 nitrogen and oxygen atoms in total. The van der Waals surface area contributed by atoms with E-state index >= 15 is 0 Å². The Balaban J connectivity index is 3.49. The fourth-order valence-electron chi connectivity index (χ4n) is 2.54. The Kier molecular flexibility index (Phi) is 14.0. The maximum absolute atomic E-state index is 6.39. The van der Waals surface area contributed by atoms with Crippen LogP contribution >= 0.6 is 11.6 Å². The van der Waals surface area contributed by atoms with E-state index in [4.69, 9.17) is 16.4 Å². The summed E-state index contributed by atoms with van der Waals surface area (Å²) < 4.78 is 0. The summed E-state index contributed by atoms with van der Waals surface area (Å²) >= 11 is 6.39. The van der Waals surface area contributed by atoms with Crippen LogP contribution in [0, 0.1) is 0 Å². The average molecular weight is 320 g/mol. The molecule has 0 rings (SSSR count). The first-order valence-electron chi connectivity index (χ1n) is 9.09. The van der Waals surface area contributed by atoms with E-state index in [1.54, 1.807) is 0 Å². The highest BCUT2D eigenvalue weighted by molar-refractivity contribution is 6.23. The van der Waals surface area contributed by atoms with Gasteiger partial charge < -0.3 is 0 Å². The maximum Gasteiger partial charge on any atom is 0.0976 e. The van der Waals surface area contributed by atoms with Crippen molar-refractivity contribution in [2.75, 3.05) is 6.54 Å². The first-order chi connectivity index (χ1) is 10.0. The molecule has 0 fully saturated rings. The largest absolute Gasteiger partial charge is 0.297 e. The van der Waals surface area contributed by atoms with Crippen molar-refractivity contribution in [2.24, 2.45) is 0 Å². The van der Waals surface area contributed by atoms with Gasteiger partial charge in [-0.2, -0.15) is 0 Å². The van der Waals surface area contributed by atoms with Gasteiger partial charge in [0.1, 0.15) is 0 Å². The topological polar surface area (TPSA) is 21.3 Å². The summed E-state index contributed by atoms with van der Waals surface area (Å²) in [6.45, 7) is 9.20. The fourth-order valence-corrected chi connectivity index (χ4v) is 2.70. The van der Waals surface area contributed by atoms with E-state index in [0.717, 1.165) is 13.0 Å². The Morgan fingerprint density at radius 1 is 0.857 bits per heavy atom. The molecule has 0 aromatic rings. The SMILES string of the molecule is CCCCCCCCCCCCC(ONCC)C(C)(C)Cl. The van der Waals surface area contributed by atoms with Gasteiger partial charge in [-0.05, 0) is 20.3 Å². The highest BCUT2D eigenvalue weighted by Gasteiger charge is 2.27. The second-order valence-corrected chi connectivity index (χ2v) is 7.61. The van der Waals surface area contributed by atoms with Crippen molar-refractivity contribution in [3.05, 3.63) is 0 Å². The van der Waals surface area contributed by atoms with Crippen molar-refractivity contribution >= 4 is 11.6 Å². The lowest BCUT2D eigenvalue weighted by Gasteiger charge is -2.28. The summed E-state index contributed by atoms with van der Waals surface area (Å²) in [7, 11) is 0. The summed E-state index contributed by atoms with van der Waals surface area (Å²) in [5.74, 6) is 0. The molecular weight excluding hydrogens is 282 g/mol. The maximum atomic E-state index is 6.39. The van der Waals surface area contributed by atoms with Gasteiger partial charge in [-0.25, -0.2) is 5.48 Å². The quantitative estimate of drug-likeness (QED) is 0.219. The number of alkyl halides is 1. The number of unbranched alkanes of at least 4 members (excludes halogenated alkanes) is 9. The Morgan fingerprint density at radius 2 is 1.33 bits per heavy atom. The minimum Gasteiger partial charge on any atom is -0.297 e. The van der Waals surface area contributed by atoms with E-state index in [1.165, 1.54) is 64.2 Å². The molecule has 0 bridgehead atoms. The van der Waals surface area contributed by atoms with Crippen molar-refractivity contribution in [3.63, 3.8) is 0 Å². The Morgan fingerprint density at radius 3 is 1.76 bits per heavy atom. The highest BCUT2D eigenvalue weighted by atomic mass is 35.5. The van der Waals surface area contributed by atoms with Gasteiger partial charge in [0.25, 0.3) is 0 Å². The summed E-state index contributed by atoms with van der Waals surface area (Å²) in [6.07, 6.45) is 14.8. The Bertz CT molecular complexity index is 216. The van der Waals surface area contributed by atoms with Crippen LogP contribution in [0.25, 0.3) is 0 Å². The van der Waals surface area contributed by atoms with Gasteiger partial charge >= 0.3 is 0 Å². The van der Waals surface area contributed by atoms with Gasteiger partial charge in [-0.1, -0.05) is 78.1 Å². The Hall–Kier alpha value is 0.210. The molecule has 0 amide bonds. The second-order valence-electron chi connectivity index (χ2n) is 6.64. The average Bonchev–Trinajstić information content (AvgIpc) is 2.42. The molecule has 0 radical (unpaired) electrons. The number of rotatable bonds is 15. The summed E-state index contributed by atoms with van der Waals surface area (Å²) in [5, 5.41) is 0.